The lowest BCUT2D eigenvalue weighted by atomic mass is 10.0. The molecular weight excluding hydrogens is 188 g/mol. The second-order valence-corrected chi connectivity index (χ2v) is 5.08. The molecular formula is C12H22N2O. The Labute approximate surface area is 92.1 Å². The molecule has 1 aliphatic carbocycles. The standard InChI is InChI=1S/C12H22N2O/c1-12(5-2-6-15-12)9-14-8-10-3-4-11(13)7-10/h3-4,10-11,14H,2,5-9,13H2,1H3. The highest BCUT2D eigenvalue weighted by Gasteiger charge is 2.29. The highest BCUT2D eigenvalue weighted by molar-refractivity contribution is 5.05. The minimum atomic E-state index is 0.0738. The van der Waals surface area contributed by atoms with Gasteiger partial charge in [-0.15, -0.1) is 0 Å². The van der Waals surface area contributed by atoms with Gasteiger partial charge in [-0.25, -0.2) is 0 Å². The van der Waals surface area contributed by atoms with Crippen molar-refractivity contribution >= 4 is 0 Å². The van der Waals surface area contributed by atoms with Crippen LogP contribution in [0.25, 0.3) is 0 Å². The average molecular weight is 210 g/mol. The van der Waals surface area contributed by atoms with E-state index in [9.17, 15) is 0 Å². The van der Waals surface area contributed by atoms with E-state index in [0.717, 1.165) is 26.1 Å². The lowest BCUT2D eigenvalue weighted by Gasteiger charge is -2.24. The maximum Gasteiger partial charge on any atom is 0.0779 e. The van der Waals surface area contributed by atoms with E-state index in [1.807, 2.05) is 0 Å². The van der Waals surface area contributed by atoms with Crippen molar-refractivity contribution < 1.29 is 4.74 Å². The lowest BCUT2D eigenvalue weighted by molar-refractivity contribution is 0.0206. The van der Waals surface area contributed by atoms with Crippen LogP contribution in [0.4, 0.5) is 0 Å². The average Bonchev–Trinajstić information content (AvgIpc) is 2.76. The topological polar surface area (TPSA) is 47.3 Å². The third kappa shape index (κ3) is 3.03. The van der Waals surface area contributed by atoms with Gasteiger partial charge in [0.2, 0.25) is 0 Å². The highest BCUT2D eigenvalue weighted by atomic mass is 16.5. The number of ether oxygens (including phenoxy) is 1. The lowest BCUT2D eigenvalue weighted by Crippen LogP contribution is -2.39. The van der Waals surface area contributed by atoms with Gasteiger partial charge in [-0.2, -0.15) is 0 Å². The van der Waals surface area contributed by atoms with E-state index in [4.69, 9.17) is 10.5 Å². The van der Waals surface area contributed by atoms with E-state index in [-0.39, 0.29) is 11.6 Å². The number of nitrogens with two attached hydrogens (primary N) is 1. The summed E-state index contributed by atoms with van der Waals surface area (Å²) in [6.07, 6.45) is 7.81. The molecule has 15 heavy (non-hydrogen) atoms. The number of rotatable bonds is 4. The third-order valence-corrected chi connectivity index (χ3v) is 3.41. The molecule has 3 atom stereocenters. The van der Waals surface area contributed by atoms with Crippen molar-refractivity contribution in [3.05, 3.63) is 12.2 Å². The van der Waals surface area contributed by atoms with Crippen molar-refractivity contribution in [2.45, 2.75) is 37.8 Å². The molecule has 1 heterocycles. The van der Waals surface area contributed by atoms with Gasteiger partial charge in [0, 0.05) is 25.7 Å². The van der Waals surface area contributed by atoms with Gasteiger partial charge in [0.05, 0.1) is 5.60 Å². The van der Waals surface area contributed by atoms with Gasteiger partial charge in [-0.05, 0) is 32.1 Å². The van der Waals surface area contributed by atoms with Crippen LogP contribution in [0.3, 0.4) is 0 Å². The first kappa shape index (κ1) is 11.1. The Balaban J connectivity index is 1.64. The van der Waals surface area contributed by atoms with Crippen LogP contribution in [0.15, 0.2) is 12.2 Å². The van der Waals surface area contributed by atoms with Crippen molar-refractivity contribution in [3.63, 3.8) is 0 Å². The molecule has 0 saturated carbocycles. The van der Waals surface area contributed by atoms with Crippen LogP contribution in [0.5, 0.6) is 0 Å². The molecule has 3 nitrogen and oxygen atoms in total. The smallest absolute Gasteiger partial charge is 0.0779 e. The van der Waals surface area contributed by atoms with Crippen LogP contribution in [-0.4, -0.2) is 31.3 Å². The van der Waals surface area contributed by atoms with Gasteiger partial charge in [0.25, 0.3) is 0 Å². The van der Waals surface area contributed by atoms with Gasteiger partial charge in [-0.3, -0.25) is 0 Å². The number of hydrogen-bond donors (Lipinski definition) is 2. The number of nitrogens with one attached hydrogen (secondary N) is 1. The molecule has 0 aromatic carbocycles. The summed E-state index contributed by atoms with van der Waals surface area (Å²) < 4.78 is 5.72. The molecule has 1 saturated heterocycles. The maximum atomic E-state index is 5.81. The van der Waals surface area contributed by atoms with E-state index in [1.54, 1.807) is 0 Å². The fourth-order valence-electron chi connectivity index (χ4n) is 2.46. The highest BCUT2D eigenvalue weighted by Crippen LogP contribution is 2.24. The molecule has 86 valence electrons. The molecule has 3 unspecified atom stereocenters. The maximum absolute atomic E-state index is 5.81. The molecule has 1 fully saturated rings. The molecule has 0 radical (unpaired) electrons. The Hall–Kier alpha value is -0.380. The zero-order valence-corrected chi connectivity index (χ0v) is 9.54. The van der Waals surface area contributed by atoms with Crippen LogP contribution < -0.4 is 11.1 Å². The Morgan fingerprint density at radius 2 is 2.40 bits per heavy atom. The summed E-state index contributed by atoms with van der Waals surface area (Å²) in [7, 11) is 0. The van der Waals surface area contributed by atoms with E-state index in [0.29, 0.717) is 5.92 Å². The van der Waals surface area contributed by atoms with Gasteiger partial charge < -0.3 is 15.8 Å². The zero-order chi connectivity index (χ0) is 10.7. The molecule has 1 aliphatic heterocycles. The van der Waals surface area contributed by atoms with Crippen molar-refractivity contribution in [1.82, 2.24) is 5.32 Å². The summed E-state index contributed by atoms with van der Waals surface area (Å²) in [4.78, 5) is 0. The quantitative estimate of drug-likeness (QED) is 0.682. The second-order valence-electron chi connectivity index (χ2n) is 5.08. The molecule has 0 aromatic heterocycles. The second kappa shape index (κ2) is 4.64. The van der Waals surface area contributed by atoms with Gasteiger partial charge in [0.1, 0.15) is 0 Å². The molecule has 0 spiro atoms. The summed E-state index contributed by atoms with van der Waals surface area (Å²) in [5.41, 5.74) is 5.88. The van der Waals surface area contributed by atoms with Gasteiger partial charge in [-0.1, -0.05) is 12.2 Å². The molecule has 3 N–H and O–H groups in total. The molecule has 2 rings (SSSR count). The van der Waals surface area contributed by atoms with Crippen molar-refractivity contribution in [3.8, 4) is 0 Å². The summed E-state index contributed by atoms with van der Waals surface area (Å²) in [5.74, 6) is 0.616. The van der Waals surface area contributed by atoms with E-state index < -0.39 is 0 Å². The largest absolute Gasteiger partial charge is 0.374 e. The van der Waals surface area contributed by atoms with Crippen LogP contribution >= 0.6 is 0 Å². The molecule has 0 aromatic rings. The molecule has 0 amide bonds. The Morgan fingerprint density at radius 1 is 1.53 bits per heavy atom. The van der Waals surface area contributed by atoms with Crippen molar-refractivity contribution in [2.24, 2.45) is 11.7 Å². The molecule has 0 bridgehead atoms. The van der Waals surface area contributed by atoms with Gasteiger partial charge >= 0.3 is 0 Å². The first-order valence-corrected chi connectivity index (χ1v) is 5.97. The summed E-state index contributed by atoms with van der Waals surface area (Å²) in [6.45, 7) is 5.12. The minimum Gasteiger partial charge on any atom is -0.374 e. The van der Waals surface area contributed by atoms with Crippen molar-refractivity contribution in [1.29, 1.82) is 0 Å². The van der Waals surface area contributed by atoms with Crippen LogP contribution in [0, 0.1) is 5.92 Å². The first-order chi connectivity index (χ1) is 7.18. The van der Waals surface area contributed by atoms with E-state index in [1.165, 1.54) is 12.8 Å². The van der Waals surface area contributed by atoms with Crippen LogP contribution in [0.1, 0.15) is 26.2 Å². The predicted octanol–water partition coefficient (Wildman–Crippen LogP) is 1.05. The van der Waals surface area contributed by atoms with Gasteiger partial charge in [0.15, 0.2) is 0 Å². The predicted molar refractivity (Wildman–Crippen MR) is 61.7 cm³/mol. The summed E-state index contributed by atoms with van der Waals surface area (Å²) in [6, 6.07) is 0.273. The van der Waals surface area contributed by atoms with E-state index in [2.05, 4.69) is 24.4 Å². The fourth-order valence-corrected chi connectivity index (χ4v) is 2.46. The first-order valence-electron chi connectivity index (χ1n) is 5.97. The molecule has 2 aliphatic rings. The zero-order valence-electron chi connectivity index (χ0n) is 9.54. The number of hydrogen-bond acceptors (Lipinski definition) is 3. The Kier molecular flexibility index (Phi) is 3.44. The SMILES string of the molecule is CC1(CNCC2C=CC(N)C2)CCCO1. The van der Waals surface area contributed by atoms with Crippen LogP contribution in [0.2, 0.25) is 0 Å². The normalized spacial score (nSPS) is 40.1. The van der Waals surface area contributed by atoms with E-state index >= 15 is 0 Å². The summed E-state index contributed by atoms with van der Waals surface area (Å²) in [5, 5.41) is 3.50. The monoisotopic (exact) mass is 210 g/mol. The van der Waals surface area contributed by atoms with Crippen molar-refractivity contribution in [2.75, 3.05) is 19.7 Å². The fraction of sp³-hybridized carbons (Fsp3) is 0.833. The minimum absolute atomic E-state index is 0.0738. The Morgan fingerprint density at radius 3 is 3.00 bits per heavy atom. The molecule has 3 heteroatoms. The third-order valence-electron chi connectivity index (χ3n) is 3.41. The van der Waals surface area contributed by atoms with Crippen LogP contribution in [-0.2, 0) is 4.74 Å². The Bertz CT molecular complexity index is 234. The summed E-state index contributed by atoms with van der Waals surface area (Å²) >= 11 is 0.